The van der Waals surface area contributed by atoms with E-state index in [-0.39, 0.29) is 10.6 Å². The van der Waals surface area contributed by atoms with E-state index in [2.05, 4.69) is 36.3 Å². The number of hydrogen-bond acceptors (Lipinski definition) is 4. The van der Waals surface area contributed by atoms with Crippen molar-refractivity contribution < 1.29 is 4.92 Å². The summed E-state index contributed by atoms with van der Waals surface area (Å²) in [6.07, 6.45) is 4.36. The topological polar surface area (TPSA) is 46.4 Å². The molecule has 0 bridgehead atoms. The third kappa shape index (κ3) is 5.73. The van der Waals surface area contributed by atoms with Crippen molar-refractivity contribution in [2.45, 2.75) is 45.6 Å². The second-order valence-electron chi connectivity index (χ2n) is 6.14. The molecule has 0 aliphatic carbocycles. The maximum Gasteiger partial charge on any atom is 0.269 e. The van der Waals surface area contributed by atoms with Crippen LogP contribution in [0.15, 0.2) is 41.8 Å². The van der Waals surface area contributed by atoms with E-state index in [4.69, 9.17) is 0 Å². The van der Waals surface area contributed by atoms with Crippen LogP contribution < -0.4 is 0 Å². The summed E-state index contributed by atoms with van der Waals surface area (Å²) in [7, 11) is 0. The zero-order valence-corrected chi connectivity index (χ0v) is 15.3. The summed E-state index contributed by atoms with van der Waals surface area (Å²) in [5.41, 5.74) is 1.34. The van der Waals surface area contributed by atoms with Crippen LogP contribution >= 0.6 is 11.3 Å². The lowest BCUT2D eigenvalue weighted by molar-refractivity contribution is -0.384. The Labute approximate surface area is 148 Å². The zero-order valence-electron chi connectivity index (χ0n) is 14.5. The number of aryl methyl sites for hydroxylation is 1. The van der Waals surface area contributed by atoms with Gasteiger partial charge in [-0.1, -0.05) is 25.1 Å². The Morgan fingerprint density at radius 3 is 2.54 bits per heavy atom. The molecule has 130 valence electrons. The highest BCUT2D eigenvalue weighted by Crippen LogP contribution is 2.16. The largest absolute Gasteiger partial charge is 0.301 e. The molecule has 0 aliphatic heterocycles. The Kier molecular flexibility index (Phi) is 7.40. The lowest BCUT2D eigenvalue weighted by atomic mass is 10.1. The van der Waals surface area contributed by atoms with Crippen LogP contribution in [0.2, 0.25) is 0 Å². The Balaban J connectivity index is 1.72. The standard InChI is InChI=1S/C19H26N2O2S/c1-3-20(16(2)15-19-8-6-14-24-19)13-5-4-7-17-9-11-18(12-10-17)21(22)23/h6,8-12,14,16H,3-5,7,13,15H2,1-2H3. The van der Waals surface area contributed by atoms with Crippen molar-refractivity contribution in [3.8, 4) is 0 Å². The number of likely N-dealkylation sites (N-methyl/N-ethyl adjacent to an activating group) is 1. The second-order valence-corrected chi connectivity index (χ2v) is 7.17. The van der Waals surface area contributed by atoms with Crippen LogP contribution in [-0.2, 0) is 12.8 Å². The number of nitro groups is 1. The Hall–Kier alpha value is -1.72. The van der Waals surface area contributed by atoms with Crippen molar-refractivity contribution in [1.82, 2.24) is 4.90 Å². The first-order valence-electron chi connectivity index (χ1n) is 8.60. The zero-order chi connectivity index (χ0) is 17.4. The summed E-state index contributed by atoms with van der Waals surface area (Å²) in [4.78, 5) is 14.3. The first-order valence-corrected chi connectivity index (χ1v) is 9.48. The molecule has 0 amide bonds. The number of rotatable bonds is 10. The van der Waals surface area contributed by atoms with E-state index < -0.39 is 0 Å². The Morgan fingerprint density at radius 1 is 1.21 bits per heavy atom. The van der Waals surface area contributed by atoms with E-state index in [1.807, 2.05) is 23.5 Å². The number of thiophene rings is 1. The predicted molar refractivity (Wildman–Crippen MR) is 101 cm³/mol. The fraction of sp³-hybridized carbons (Fsp3) is 0.474. The van der Waals surface area contributed by atoms with Crippen LogP contribution in [0, 0.1) is 10.1 Å². The summed E-state index contributed by atoms with van der Waals surface area (Å²) in [6.45, 7) is 6.71. The van der Waals surface area contributed by atoms with Gasteiger partial charge in [0.2, 0.25) is 0 Å². The molecule has 0 aliphatic rings. The minimum atomic E-state index is -0.349. The average molecular weight is 346 g/mol. The number of non-ortho nitro benzene ring substituents is 1. The van der Waals surface area contributed by atoms with Crippen molar-refractivity contribution >= 4 is 17.0 Å². The molecule has 0 spiro atoms. The molecule has 4 nitrogen and oxygen atoms in total. The summed E-state index contributed by atoms with van der Waals surface area (Å²) in [6, 6.07) is 11.8. The fourth-order valence-corrected chi connectivity index (χ4v) is 3.79. The van der Waals surface area contributed by atoms with E-state index in [1.165, 1.54) is 10.4 Å². The van der Waals surface area contributed by atoms with Crippen LogP contribution in [-0.4, -0.2) is 29.0 Å². The van der Waals surface area contributed by atoms with Gasteiger partial charge in [0.25, 0.3) is 5.69 Å². The van der Waals surface area contributed by atoms with Gasteiger partial charge < -0.3 is 4.90 Å². The van der Waals surface area contributed by atoms with Gasteiger partial charge in [0, 0.05) is 23.1 Å². The van der Waals surface area contributed by atoms with Crippen LogP contribution in [0.4, 0.5) is 5.69 Å². The quantitative estimate of drug-likeness (QED) is 0.348. The molecule has 24 heavy (non-hydrogen) atoms. The number of unbranched alkanes of at least 4 members (excludes halogenated alkanes) is 1. The molecular weight excluding hydrogens is 320 g/mol. The maximum absolute atomic E-state index is 10.7. The van der Waals surface area contributed by atoms with Gasteiger partial charge in [-0.2, -0.15) is 0 Å². The highest BCUT2D eigenvalue weighted by Gasteiger charge is 2.12. The maximum atomic E-state index is 10.7. The smallest absolute Gasteiger partial charge is 0.269 e. The highest BCUT2D eigenvalue weighted by atomic mass is 32.1. The molecule has 0 radical (unpaired) electrons. The van der Waals surface area contributed by atoms with Crippen molar-refractivity contribution in [1.29, 1.82) is 0 Å². The molecule has 2 aromatic rings. The molecule has 1 atom stereocenters. The van der Waals surface area contributed by atoms with Crippen molar-refractivity contribution in [2.24, 2.45) is 0 Å². The van der Waals surface area contributed by atoms with E-state index in [1.54, 1.807) is 12.1 Å². The lowest BCUT2D eigenvalue weighted by Gasteiger charge is -2.27. The van der Waals surface area contributed by atoms with Crippen molar-refractivity contribution in [3.63, 3.8) is 0 Å². The molecule has 1 unspecified atom stereocenters. The van der Waals surface area contributed by atoms with Gasteiger partial charge in [-0.25, -0.2) is 0 Å². The third-order valence-electron chi connectivity index (χ3n) is 4.41. The molecule has 0 N–H and O–H groups in total. The minimum absolute atomic E-state index is 0.165. The molecule has 1 aromatic heterocycles. The summed E-state index contributed by atoms with van der Waals surface area (Å²) in [5.74, 6) is 0. The van der Waals surface area contributed by atoms with Crippen LogP contribution in [0.25, 0.3) is 0 Å². The number of benzene rings is 1. The molecule has 0 saturated heterocycles. The van der Waals surface area contributed by atoms with E-state index in [9.17, 15) is 10.1 Å². The second kappa shape index (κ2) is 9.55. The SMILES string of the molecule is CCN(CCCCc1ccc([N+](=O)[O-])cc1)C(C)Cc1cccs1. The molecule has 0 saturated carbocycles. The van der Waals surface area contributed by atoms with Crippen molar-refractivity contribution in [3.05, 3.63) is 62.3 Å². The molecule has 1 heterocycles. The minimum Gasteiger partial charge on any atom is -0.301 e. The molecule has 2 rings (SSSR count). The van der Waals surface area contributed by atoms with Gasteiger partial charge in [0.1, 0.15) is 0 Å². The van der Waals surface area contributed by atoms with Gasteiger partial charge >= 0.3 is 0 Å². The summed E-state index contributed by atoms with van der Waals surface area (Å²) >= 11 is 1.83. The summed E-state index contributed by atoms with van der Waals surface area (Å²) < 4.78 is 0. The monoisotopic (exact) mass is 346 g/mol. The normalized spacial score (nSPS) is 12.5. The third-order valence-corrected chi connectivity index (χ3v) is 5.31. The Morgan fingerprint density at radius 2 is 1.96 bits per heavy atom. The van der Waals surface area contributed by atoms with Crippen LogP contribution in [0.5, 0.6) is 0 Å². The molecule has 0 fully saturated rings. The predicted octanol–water partition coefficient (Wildman–Crippen LogP) is 4.93. The number of hydrogen-bond donors (Lipinski definition) is 0. The number of nitrogens with zero attached hydrogens (tertiary/aromatic N) is 2. The highest BCUT2D eigenvalue weighted by molar-refractivity contribution is 7.09. The van der Waals surface area contributed by atoms with Gasteiger partial charge in [0.15, 0.2) is 0 Å². The first kappa shape index (κ1) is 18.6. The average Bonchev–Trinajstić information content (AvgIpc) is 3.08. The van der Waals surface area contributed by atoms with E-state index in [0.29, 0.717) is 6.04 Å². The van der Waals surface area contributed by atoms with E-state index >= 15 is 0 Å². The first-order chi connectivity index (χ1) is 11.6. The van der Waals surface area contributed by atoms with Crippen LogP contribution in [0.1, 0.15) is 37.1 Å². The molecule has 5 heteroatoms. The van der Waals surface area contributed by atoms with Crippen LogP contribution in [0.3, 0.4) is 0 Å². The van der Waals surface area contributed by atoms with E-state index in [0.717, 1.165) is 38.8 Å². The molecule has 1 aromatic carbocycles. The number of nitro benzene ring substituents is 1. The van der Waals surface area contributed by atoms with Gasteiger partial charge in [-0.3, -0.25) is 10.1 Å². The molecular formula is C19H26N2O2S. The van der Waals surface area contributed by atoms with Gasteiger partial charge in [0.05, 0.1) is 4.92 Å². The fourth-order valence-electron chi connectivity index (χ4n) is 2.97. The Bertz CT molecular complexity index is 611. The lowest BCUT2D eigenvalue weighted by Crippen LogP contribution is -2.35. The van der Waals surface area contributed by atoms with Gasteiger partial charge in [-0.15, -0.1) is 11.3 Å². The van der Waals surface area contributed by atoms with Crippen molar-refractivity contribution in [2.75, 3.05) is 13.1 Å². The summed E-state index contributed by atoms with van der Waals surface area (Å²) in [5, 5.41) is 12.8. The van der Waals surface area contributed by atoms with Gasteiger partial charge in [-0.05, 0) is 62.7 Å².